The zero-order valence-corrected chi connectivity index (χ0v) is 18.1. The molecule has 0 aliphatic rings. The molecule has 3 rings (SSSR count). The SMILES string of the molecule is Cc1cc(C(=O)NCCOc2ccc3cc(C(F)(F)F)ccc3n2)cc(NCC(C)C)n1. The molecule has 6 nitrogen and oxygen atoms in total. The Kier molecular flexibility index (Phi) is 7.17. The van der Waals surface area contributed by atoms with E-state index in [4.69, 9.17) is 4.74 Å². The summed E-state index contributed by atoms with van der Waals surface area (Å²) in [6.45, 7) is 7.14. The number of rotatable bonds is 8. The van der Waals surface area contributed by atoms with Gasteiger partial charge in [0.15, 0.2) is 0 Å². The average molecular weight is 446 g/mol. The molecular weight excluding hydrogens is 421 g/mol. The Morgan fingerprint density at radius 1 is 1.09 bits per heavy atom. The van der Waals surface area contributed by atoms with Gasteiger partial charge in [0.05, 0.1) is 17.6 Å². The molecule has 9 heteroatoms. The minimum absolute atomic E-state index is 0.160. The highest BCUT2D eigenvalue weighted by atomic mass is 19.4. The van der Waals surface area contributed by atoms with Gasteiger partial charge < -0.3 is 15.4 Å². The van der Waals surface area contributed by atoms with Crippen LogP contribution in [0.1, 0.15) is 35.5 Å². The van der Waals surface area contributed by atoms with Gasteiger partial charge in [-0.2, -0.15) is 13.2 Å². The second-order valence-corrected chi connectivity index (χ2v) is 7.82. The molecule has 32 heavy (non-hydrogen) atoms. The molecular formula is C23H25F3N4O2. The van der Waals surface area contributed by atoms with Gasteiger partial charge in [-0.05, 0) is 49.2 Å². The van der Waals surface area contributed by atoms with Crippen molar-refractivity contribution in [2.45, 2.75) is 26.9 Å². The van der Waals surface area contributed by atoms with Crippen molar-refractivity contribution in [1.82, 2.24) is 15.3 Å². The number of fused-ring (bicyclic) bond motifs is 1. The van der Waals surface area contributed by atoms with Crippen molar-refractivity contribution < 1.29 is 22.7 Å². The minimum Gasteiger partial charge on any atom is -0.476 e. The van der Waals surface area contributed by atoms with Crippen molar-refractivity contribution in [2.75, 3.05) is 25.0 Å². The summed E-state index contributed by atoms with van der Waals surface area (Å²) in [7, 11) is 0. The van der Waals surface area contributed by atoms with E-state index in [1.54, 1.807) is 12.1 Å². The zero-order valence-electron chi connectivity index (χ0n) is 18.1. The Bertz CT molecular complexity index is 1100. The molecule has 2 N–H and O–H groups in total. The molecule has 3 aromatic rings. The first-order valence-electron chi connectivity index (χ1n) is 10.2. The van der Waals surface area contributed by atoms with Crippen LogP contribution < -0.4 is 15.4 Å². The molecule has 2 heterocycles. The number of benzene rings is 1. The number of hydrogen-bond acceptors (Lipinski definition) is 5. The van der Waals surface area contributed by atoms with Gasteiger partial charge in [-0.25, -0.2) is 9.97 Å². The highest BCUT2D eigenvalue weighted by Crippen LogP contribution is 2.31. The van der Waals surface area contributed by atoms with Crippen molar-refractivity contribution in [3.05, 3.63) is 59.3 Å². The fraction of sp³-hybridized carbons (Fsp3) is 0.348. The van der Waals surface area contributed by atoms with Gasteiger partial charge in [-0.15, -0.1) is 0 Å². The number of aryl methyl sites for hydroxylation is 1. The number of ether oxygens (including phenoxy) is 1. The molecule has 2 aromatic heterocycles. The lowest BCUT2D eigenvalue weighted by Crippen LogP contribution is -2.28. The number of aromatic nitrogens is 2. The van der Waals surface area contributed by atoms with Crippen molar-refractivity contribution in [3.8, 4) is 5.88 Å². The lowest BCUT2D eigenvalue weighted by atomic mass is 10.1. The van der Waals surface area contributed by atoms with Crippen molar-refractivity contribution in [3.63, 3.8) is 0 Å². The van der Waals surface area contributed by atoms with E-state index in [1.807, 2.05) is 6.92 Å². The summed E-state index contributed by atoms with van der Waals surface area (Å²) in [5.41, 5.74) is 0.896. The predicted molar refractivity (Wildman–Crippen MR) is 117 cm³/mol. The van der Waals surface area contributed by atoms with Gasteiger partial charge in [0.2, 0.25) is 5.88 Å². The Hall–Kier alpha value is -3.36. The molecule has 0 saturated heterocycles. The number of halogens is 3. The topological polar surface area (TPSA) is 76.1 Å². The molecule has 0 radical (unpaired) electrons. The number of carbonyl (C=O) groups is 1. The van der Waals surface area contributed by atoms with Crippen LogP contribution in [-0.2, 0) is 6.18 Å². The number of hydrogen-bond donors (Lipinski definition) is 2. The maximum Gasteiger partial charge on any atom is 0.416 e. The van der Waals surface area contributed by atoms with Crippen LogP contribution in [0.4, 0.5) is 19.0 Å². The second kappa shape index (κ2) is 9.84. The van der Waals surface area contributed by atoms with Gasteiger partial charge in [-0.3, -0.25) is 4.79 Å². The number of anilines is 1. The van der Waals surface area contributed by atoms with E-state index in [1.165, 1.54) is 18.2 Å². The van der Waals surface area contributed by atoms with Gasteiger partial charge in [-0.1, -0.05) is 13.8 Å². The molecule has 0 aliphatic heterocycles. The summed E-state index contributed by atoms with van der Waals surface area (Å²) in [6, 6.07) is 9.78. The average Bonchev–Trinajstić information content (AvgIpc) is 2.73. The summed E-state index contributed by atoms with van der Waals surface area (Å²) >= 11 is 0. The molecule has 0 saturated carbocycles. The van der Waals surface area contributed by atoms with Crippen molar-refractivity contribution in [1.29, 1.82) is 0 Å². The fourth-order valence-corrected chi connectivity index (χ4v) is 2.98. The molecule has 1 amide bonds. The first-order valence-corrected chi connectivity index (χ1v) is 10.2. The van der Waals surface area contributed by atoms with Crippen LogP contribution in [0.25, 0.3) is 10.9 Å². The van der Waals surface area contributed by atoms with E-state index in [0.29, 0.717) is 28.2 Å². The highest BCUT2D eigenvalue weighted by Gasteiger charge is 2.30. The minimum atomic E-state index is -4.40. The number of nitrogens with one attached hydrogen (secondary N) is 2. The number of amides is 1. The van der Waals surface area contributed by atoms with Crippen LogP contribution in [0.3, 0.4) is 0 Å². The second-order valence-electron chi connectivity index (χ2n) is 7.82. The first-order chi connectivity index (χ1) is 15.1. The molecule has 0 bridgehead atoms. The maximum atomic E-state index is 12.8. The van der Waals surface area contributed by atoms with Crippen molar-refractivity contribution >= 4 is 22.6 Å². The molecule has 0 aliphatic carbocycles. The van der Waals surface area contributed by atoms with Gasteiger partial charge in [0.25, 0.3) is 5.91 Å². The van der Waals surface area contributed by atoms with Gasteiger partial charge in [0.1, 0.15) is 12.4 Å². The largest absolute Gasteiger partial charge is 0.476 e. The third-order valence-electron chi connectivity index (χ3n) is 4.54. The Labute approximate surface area is 184 Å². The Morgan fingerprint density at radius 3 is 2.59 bits per heavy atom. The molecule has 0 atom stereocenters. The lowest BCUT2D eigenvalue weighted by Gasteiger charge is -2.12. The van der Waals surface area contributed by atoms with E-state index >= 15 is 0 Å². The monoisotopic (exact) mass is 446 g/mol. The number of carbonyl (C=O) groups excluding carboxylic acids is 1. The normalized spacial score (nSPS) is 11.6. The predicted octanol–water partition coefficient (Wildman–Crippen LogP) is 4.83. The third-order valence-corrected chi connectivity index (χ3v) is 4.54. The molecule has 0 fully saturated rings. The van der Waals surface area contributed by atoms with E-state index in [2.05, 4.69) is 34.4 Å². The van der Waals surface area contributed by atoms with E-state index < -0.39 is 11.7 Å². The molecule has 0 spiro atoms. The summed E-state index contributed by atoms with van der Waals surface area (Å²) in [5.74, 6) is 1.11. The van der Waals surface area contributed by atoms with Gasteiger partial charge in [0, 0.05) is 29.3 Å². The fourth-order valence-electron chi connectivity index (χ4n) is 2.98. The molecule has 0 unspecified atom stereocenters. The van der Waals surface area contributed by atoms with Crippen molar-refractivity contribution in [2.24, 2.45) is 5.92 Å². The maximum absolute atomic E-state index is 12.8. The van der Waals surface area contributed by atoms with E-state index in [0.717, 1.165) is 24.4 Å². The quantitative estimate of drug-likeness (QED) is 0.485. The smallest absolute Gasteiger partial charge is 0.416 e. The van der Waals surface area contributed by atoms with Crippen LogP contribution in [0.5, 0.6) is 5.88 Å². The van der Waals surface area contributed by atoms with Crippen LogP contribution in [0, 0.1) is 12.8 Å². The Morgan fingerprint density at radius 2 is 1.88 bits per heavy atom. The van der Waals surface area contributed by atoms with E-state index in [-0.39, 0.29) is 24.9 Å². The lowest BCUT2D eigenvalue weighted by molar-refractivity contribution is -0.137. The summed E-state index contributed by atoms with van der Waals surface area (Å²) in [5, 5.41) is 6.36. The zero-order chi connectivity index (χ0) is 23.3. The highest BCUT2D eigenvalue weighted by molar-refractivity contribution is 5.95. The number of nitrogens with zero attached hydrogens (tertiary/aromatic N) is 2. The summed E-state index contributed by atoms with van der Waals surface area (Å²) in [4.78, 5) is 21.1. The standard InChI is InChI=1S/C23H25F3N4O2/c1-14(2)13-28-20-12-17(10-15(3)29-20)22(31)27-8-9-32-21-7-4-16-11-18(23(24,25)26)5-6-19(16)30-21/h4-7,10-12,14H,8-9,13H2,1-3H3,(H,27,31)(H,28,29). The molecule has 170 valence electrons. The Balaban J connectivity index is 1.54. The van der Waals surface area contributed by atoms with Crippen LogP contribution >= 0.6 is 0 Å². The van der Waals surface area contributed by atoms with Gasteiger partial charge >= 0.3 is 6.18 Å². The molecule has 1 aromatic carbocycles. The number of pyridine rings is 2. The van der Waals surface area contributed by atoms with Crippen LogP contribution in [-0.4, -0.2) is 35.6 Å². The first kappa shape index (κ1) is 23.3. The number of alkyl halides is 3. The third kappa shape index (κ3) is 6.32. The van der Waals surface area contributed by atoms with Crippen LogP contribution in [0.15, 0.2) is 42.5 Å². The van der Waals surface area contributed by atoms with Crippen LogP contribution in [0.2, 0.25) is 0 Å². The summed E-state index contributed by atoms with van der Waals surface area (Å²) in [6.07, 6.45) is -4.40. The van der Waals surface area contributed by atoms with E-state index in [9.17, 15) is 18.0 Å². The summed E-state index contributed by atoms with van der Waals surface area (Å²) < 4.78 is 44.0.